The Morgan fingerprint density at radius 1 is 1.36 bits per heavy atom. The predicted molar refractivity (Wildman–Crippen MR) is 88.4 cm³/mol. The summed E-state index contributed by atoms with van der Waals surface area (Å²) in [4.78, 5) is 14.3. The number of fused-ring (bicyclic) bond motifs is 3. The summed E-state index contributed by atoms with van der Waals surface area (Å²) in [5, 5.41) is 0. The highest BCUT2D eigenvalue weighted by atomic mass is 19.3. The van der Waals surface area contributed by atoms with Gasteiger partial charge in [0.1, 0.15) is 12.2 Å². The van der Waals surface area contributed by atoms with Crippen LogP contribution in [0, 0.1) is 11.8 Å². The average molecular weight is 355 g/mol. The van der Waals surface area contributed by atoms with Gasteiger partial charge >= 0.3 is 5.97 Å². The van der Waals surface area contributed by atoms with Gasteiger partial charge in [0.05, 0.1) is 18.1 Å². The molecule has 0 bridgehead atoms. The Morgan fingerprint density at radius 2 is 2.16 bits per heavy atom. The molecule has 0 aromatic carbocycles. The Bertz CT molecular complexity index is 593. The van der Waals surface area contributed by atoms with Crippen molar-refractivity contribution in [3.63, 3.8) is 0 Å². The van der Waals surface area contributed by atoms with Crippen LogP contribution in [0.15, 0.2) is 11.6 Å². The Hall–Kier alpha value is -1.01. The van der Waals surface area contributed by atoms with E-state index in [1.165, 1.54) is 5.57 Å². The summed E-state index contributed by atoms with van der Waals surface area (Å²) in [6.07, 6.45) is 5.56. The zero-order chi connectivity index (χ0) is 17.8. The van der Waals surface area contributed by atoms with Gasteiger partial charge in [0.25, 0.3) is 5.92 Å². The number of rotatable bonds is 2. The van der Waals surface area contributed by atoms with E-state index in [0.29, 0.717) is 13.1 Å². The Kier molecular flexibility index (Phi) is 4.19. The number of epoxide rings is 1. The number of carbonyl (C=O) groups excluding carboxylic acids is 1. The molecule has 140 valence electrons. The van der Waals surface area contributed by atoms with Crippen LogP contribution in [0.5, 0.6) is 0 Å². The molecule has 0 radical (unpaired) electrons. The number of likely N-dealkylation sites (tertiary alicyclic amines) is 1. The monoisotopic (exact) mass is 355 g/mol. The highest BCUT2D eigenvalue weighted by molar-refractivity contribution is 5.75. The van der Waals surface area contributed by atoms with Crippen LogP contribution < -0.4 is 0 Å². The smallest absolute Gasteiger partial charge is 0.311 e. The molecule has 0 amide bonds. The molecule has 1 aliphatic carbocycles. The molecule has 5 atom stereocenters. The Labute approximate surface area is 147 Å². The molecule has 3 heterocycles. The van der Waals surface area contributed by atoms with Crippen molar-refractivity contribution in [2.45, 2.75) is 69.7 Å². The zero-order valence-corrected chi connectivity index (χ0v) is 15.0. The number of hydrogen-bond acceptors (Lipinski definition) is 4. The summed E-state index contributed by atoms with van der Waals surface area (Å²) in [6.45, 7) is 4.69. The number of hydrogen-bond donors (Lipinski definition) is 0. The fourth-order valence-corrected chi connectivity index (χ4v) is 4.79. The van der Waals surface area contributed by atoms with E-state index in [1.807, 2.05) is 0 Å². The standard InChI is InChI=1S/C19H27F2NO3/c1-12-4-3-7-18(2)16(25-18)15-13(6-5-12)14(17(23)24-15)10-22-9-8-19(20,21)11-22/h4,13-16H,3,5-11H2,1-2H3/t13-,14-,15-,16-,18+/m0/s1. The summed E-state index contributed by atoms with van der Waals surface area (Å²) in [6, 6.07) is 0. The van der Waals surface area contributed by atoms with Crippen LogP contribution in [-0.2, 0) is 14.3 Å². The summed E-state index contributed by atoms with van der Waals surface area (Å²) >= 11 is 0. The van der Waals surface area contributed by atoms with Crippen molar-refractivity contribution in [2.75, 3.05) is 19.6 Å². The first-order chi connectivity index (χ1) is 11.8. The molecule has 0 unspecified atom stereocenters. The summed E-state index contributed by atoms with van der Waals surface area (Å²) < 4.78 is 38.7. The summed E-state index contributed by atoms with van der Waals surface area (Å²) in [5.41, 5.74) is 1.11. The highest BCUT2D eigenvalue weighted by Gasteiger charge is 2.62. The maximum absolute atomic E-state index is 13.5. The third kappa shape index (κ3) is 3.35. The highest BCUT2D eigenvalue weighted by Crippen LogP contribution is 2.50. The summed E-state index contributed by atoms with van der Waals surface area (Å²) in [7, 11) is 0. The lowest BCUT2D eigenvalue weighted by molar-refractivity contribution is -0.145. The van der Waals surface area contributed by atoms with Crippen LogP contribution in [0.2, 0.25) is 0 Å². The number of allylic oxidation sites excluding steroid dienone is 2. The predicted octanol–water partition coefficient (Wildman–Crippen LogP) is 3.16. The maximum Gasteiger partial charge on any atom is 0.311 e. The van der Waals surface area contributed by atoms with Gasteiger partial charge in [-0.3, -0.25) is 9.69 Å². The molecule has 0 spiro atoms. The second-order valence-electron chi connectivity index (χ2n) is 8.49. The van der Waals surface area contributed by atoms with Crippen LogP contribution in [0.3, 0.4) is 0 Å². The van der Waals surface area contributed by atoms with E-state index in [-0.39, 0.29) is 48.6 Å². The number of alkyl halides is 2. The lowest BCUT2D eigenvalue weighted by atomic mass is 9.80. The zero-order valence-electron chi connectivity index (χ0n) is 15.0. The van der Waals surface area contributed by atoms with E-state index >= 15 is 0 Å². The normalized spacial score (nSPS) is 43.8. The van der Waals surface area contributed by atoms with E-state index in [0.717, 1.165) is 25.7 Å². The van der Waals surface area contributed by atoms with Gasteiger partial charge in [-0.15, -0.1) is 0 Å². The van der Waals surface area contributed by atoms with Gasteiger partial charge in [-0.1, -0.05) is 11.6 Å². The maximum atomic E-state index is 13.5. The molecule has 4 rings (SSSR count). The first-order valence-electron chi connectivity index (χ1n) is 9.42. The molecule has 6 heteroatoms. The molecule has 0 N–H and O–H groups in total. The summed E-state index contributed by atoms with van der Waals surface area (Å²) in [5.74, 6) is -3.13. The SMILES string of the molecule is CC1=CCC[C@@]2(C)O[C@H]2[C@H]2OC(=O)[C@@H](CN3CCC(F)(F)C3)[C@@H]2CC1. The Balaban J connectivity index is 1.52. The third-order valence-electron chi connectivity index (χ3n) is 6.44. The van der Waals surface area contributed by atoms with Crippen LogP contribution in [0.1, 0.15) is 46.0 Å². The molecular formula is C19H27F2NO3. The van der Waals surface area contributed by atoms with Crippen LogP contribution in [-0.4, -0.2) is 54.2 Å². The van der Waals surface area contributed by atoms with Crippen molar-refractivity contribution in [3.8, 4) is 0 Å². The van der Waals surface area contributed by atoms with E-state index in [9.17, 15) is 13.6 Å². The van der Waals surface area contributed by atoms with E-state index in [1.54, 1.807) is 4.90 Å². The van der Waals surface area contributed by atoms with Crippen molar-refractivity contribution < 1.29 is 23.0 Å². The van der Waals surface area contributed by atoms with Crippen molar-refractivity contribution >= 4 is 5.97 Å². The molecule has 0 saturated carbocycles. The molecule has 3 saturated heterocycles. The molecule has 4 aliphatic rings. The first-order valence-corrected chi connectivity index (χ1v) is 9.42. The van der Waals surface area contributed by atoms with Gasteiger partial charge in [-0.05, 0) is 39.5 Å². The quantitative estimate of drug-likeness (QED) is 0.433. The van der Waals surface area contributed by atoms with E-state index in [2.05, 4.69) is 19.9 Å². The molecule has 0 aromatic rings. The number of carbonyl (C=O) groups is 1. The minimum Gasteiger partial charge on any atom is -0.459 e. The minimum atomic E-state index is -2.63. The molecule has 0 aromatic heterocycles. The van der Waals surface area contributed by atoms with Crippen LogP contribution in [0.25, 0.3) is 0 Å². The Morgan fingerprint density at radius 3 is 2.88 bits per heavy atom. The lowest BCUT2D eigenvalue weighted by Gasteiger charge is -2.25. The molecule has 3 fully saturated rings. The molecule has 4 nitrogen and oxygen atoms in total. The van der Waals surface area contributed by atoms with Crippen molar-refractivity contribution in [3.05, 3.63) is 11.6 Å². The van der Waals surface area contributed by atoms with Gasteiger partial charge in [-0.25, -0.2) is 8.78 Å². The van der Waals surface area contributed by atoms with E-state index < -0.39 is 5.92 Å². The van der Waals surface area contributed by atoms with Crippen LogP contribution >= 0.6 is 0 Å². The van der Waals surface area contributed by atoms with Crippen molar-refractivity contribution in [2.24, 2.45) is 11.8 Å². The number of halogens is 2. The average Bonchev–Trinajstić information content (AvgIpc) is 2.92. The van der Waals surface area contributed by atoms with E-state index in [4.69, 9.17) is 9.47 Å². The topological polar surface area (TPSA) is 42.1 Å². The first kappa shape index (κ1) is 17.4. The third-order valence-corrected chi connectivity index (χ3v) is 6.44. The molecule has 3 aliphatic heterocycles. The van der Waals surface area contributed by atoms with Gasteiger partial charge in [0.2, 0.25) is 0 Å². The largest absolute Gasteiger partial charge is 0.459 e. The minimum absolute atomic E-state index is 0.0433. The van der Waals surface area contributed by atoms with Gasteiger partial charge in [0, 0.05) is 25.4 Å². The van der Waals surface area contributed by atoms with Gasteiger partial charge in [0.15, 0.2) is 0 Å². The number of esters is 1. The number of ether oxygens (including phenoxy) is 2. The fraction of sp³-hybridized carbons (Fsp3) is 0.842. The fourth-order valence-electron chi connectivity index (χ4n) is 4.79. The molecule has 25 heavy (non-hydrogen) atoms. The van der Waals surface area contributed by atoms with Gasteiger partial charge < -0.3 is 9.47 Å². The molecular weight excluding hydrogens is 328 g/mol. The van der Waals surface area contributed by atoms with Crippen molar-refractivity contribution in [1.29, 1.82) is 0 Å². The van der Waals surface area contributed by atoms with Crippen LogP contribution in [0.4, 0.5) is 8.78 Å². The number of nitrogens with zero attached hydrogens (tertiary/aromatic N) is 1. The second kappa shape index (κ2) is 6.02. The van der Waals surface area contributed by atoms with Gasteiger partial charge in [-0.2, -0.15) is 0 Å². The lowest BCUT2D eigenvalue weighted by Crippen LogP contribution is -2.36. The second-order valence-corrected chi connectivity index (χ2v) is 8.49. The van der Waals surface area contributed by atoms with Crippen molar-refractivity contribution in [1.82, 2.24) is 4.90 Å².